The molecule has 3 heteroatoms. The van der Waals surface area contributed by atoms with Gasteiger partial charge in [-0.15, -0.1) is 0 Å². The second-order valence-corrected chi connectivity index (χ2v) is 4.39. The summed E-state index contributed by atoms with van der Waals surface area (Å²) in [4.78, 5) is 13.6. The van der Waals surface area contributed by atoms with Gasteiger partial charge in [0.1, 0.15) is 0 Å². The quantitative estimate of drug-likeness (QED) is 0.835. The SMILES string of the molecule is CC1C(CO)CC(=O)N1Cc1ccccc1. The van der Waals surface area contributed by atoms with Crippen molar-refractivity contribution in [2.24, 2.45) is 5.92 Å². The van der Waals surface area contributed by atoms with Crippen molar-refractivity contribution in [3.63, 3.8) is 0 Å². The van der Waals surface area contributed by atoms with E-state index >= 15 is 0 Å². The van der Waals surface area contributed by atoms with E-state index in [2.05, 4.69) is 0 Å². The Kier molecular flexibility index (Phi) is 3.25. The van der Waals surface area contributed by atoms with Gasteiger partial charge in [-0.25, -0.2) is 0 Å². The molecule has 0 aliphatic carbocycles. The minimum atomic E-state index is 0.0937. The molecular formula is C13H17NO2. The van der Waals surface area contributed by atoms with Crippen molar-refractivity contribution in [1.82, 2.24) is 4.90 Å². The van der Waals surface area contributed by atoms with Crippen molar-refractivity contribution in [3.8, 4) is 0 Å². The topological polar surface area (TPSA) is 40.5 Å². The largest absolute Gasteiger partial charge is 0.396 e. The summed E-state index contributed by atoms with van der Waals surface area (Å²) in [6.45, 7) is 2.75. The average molecular weight is 219 g/mol. The molecule has 0 aromatic heterocycles. The molecule has 0 spiro atoms. The first kappa shape index (κ1) is 11.1. The Bertz CT molecular complexity index is 363. The fourth-order valence-electron chi connectivity index (χ4n) is 2.22. The van der Waals surface area contributed by atoms with Gasteiger partial charge in [0.25, 0.3) is 0 Å². The molecule has 1 heterocycles. The number of hydrogen-bond donors (Lipinski definition) is 1. The monoisotopic (exact) mass is 219 g/mol. The van der Waals surface area contributed by atoms with Crippen LogP contribution in [0.1, 0.15) is 18.9 Å². The summed E-state index contributed by atoms with van der Waals surface area (Å²) < 4.78 is 0. The van der Waals surface area contributed by atoms with Crippen molar-refractivity contribution in [3.05, 3.63) is 35.9 Å². The van der Waals surface area contributed by atoms with Gasteiger partial charge in [-0.1, -0.05) is 30.3 Å². The first-order valence-electron chi connectivity index (χ1n) is 5.66. The second kappa shape index (κ2) is 4.66. The van der Waals surface area contributed by atoms with E-state index in [0.717, 1.165) is 5.56 Å². The highest BCUT2D eigenvalue weighted by atomic mass is 16.3. The number of hydrogen-bond acceptors (Lipinski definition) is 2. The molecule has 16 heavy (non-hydrogen) atoms. The molecule has 1 aromatic carbocycles. The fraction of sp³-hybridized carbons (Fsp3) is 0.462. The maximum Gasteiger partial charge on any atom is 0.223 e. The van der Waals surface area contributed by atoms with Crippen LogP contribution in [-0.4, -0.2) is 28.6 Å². The normalized spacial score (nSPS) is 25.1. The average Bonchev–Trinajstić information content (AvgIpc) is 2.58. The lowest BCUT2D eigenvalue weighted by Crippen LogP contribution is -2.33. The Morgan fingerprint density at radius 3 is 2.62 bits per heavy atom. The lowest BCUT2D eigenvalue weighted by Gasteiger charge is -2.24. The number of likely N-dealkylation sites (tertiary alicyclic amines) is 1. The molecule has 1 aliphatic heterocycles. The molecule has 1 aliphatic rings. The van der Waals surface area contributed by atoms with Gasteiger partial charge in [0.15, 0.2) is 0 Å². The van der Waals surface area contributed by atoms with Crippen molar-refractivity contribution in [2.75, 3.05) is 6.61 Å². The molecule has 0 saturated carbocycles. The Hall–Kier alpha value is -1.35. The first-order valence-corrected chi connectivity index (χ1v) is 5.66. The van der Waals surface area contributed by atoms with Gasteiger partial charge < -0.3 is 10.0 Å². The van der Waals surface area contributed by atoms with Gasteiger partial charge in [-0.3, -0.25) is 4.79 Å². The fourth-order valence-corrected chi connectivity index (χ4v) is 2.22. The summed E-state index contributed by atoms with van der Waals surface area (Å²) in [7, 11) is 0. The minimum Gasteiger partial charge on any atom is -0.396 e. The zero-order valence-corrected chi connectivity index (χ0v) is 9.47. The molecule has 1 amide bonds. The number of amides is 1. The van der Waals surface area contributed by atoms with Crippen LogP contribution < -0.4 is 0 Å². The van der Waals surface area contributed by atoms with Crippen LogP contribution in [0.4, 0.5) is 0 Å². The zero-order valence-electron chi connectivity index (χ0n) is 9.47. The smallest absolute Gasteiger partial charge is 0.223 e. The number of carbonyl (C=O) groups excluding carboxylic acids is 1. The van der Waals surface area contributed by atoms with Crippen LogP contribution in [0.15, 0.2) is 30.3 Å². The van der Waals surface area contributed by atoms with Crippen LogP contribution >= 0.6 is 0 Å². The molecule has 1 fully saturated rings. The van der Waals surface area contributed by atoms with E-state index in [1.54, 1.807) is 0 Å². The number of aliphatic hydroxyl groups is 1. The van der Waals surface area contributed by atoms with Crippen LogP contribution in [-0.2, 0) is 11.3 Å². The Labute approximate surface area is 95.7 Å². The minimum absolute atomic E-state index is 0.0937. The Morgan fingerprint density at radius 2 is 2.06 bits per heavy atom. The number of benzene rings is 1. The molecule has 86 valence electrons. The third-order valence-electron chi connectivity index (χ3n) is 3.36. The van der Waals surface area contributed by atoms with Crippen LogP contribution in [0, 0.1) is 5.92 Å². The molecular weight excluding hydrogens is 202 g/mol. The lowest BCUT2D eigenvalue weighted by molar-refractivity contribution is -0.129. The van der Waals surface area contributed by atoms with Crippen LogP contribution in [0.2, 0.25) is 0 Å². The number of nitrogens with zero attached hydrogens (tertiary/aromatic N) is 1. The maximum atomic E-state index is 11.8. The highest BCUT2D eigenvalue weighted by molar-refractivity contribution is 5.79. The van der Waals surface area contributed by atoms with E-state index in [4.69, 9.17) is 5.11 Å². The highest BCUT2D eigenvalue weighted by Gasteiger charge is 2.35. The molecule has 3 nitrogen and oxygen atoms in total. The van der Waals surface area contributed by atoms with Crippen LogP contribution in [0.3, 0.4) is 0 Å². The molecule has 1 aromatic rings. The molecule has 0 radical (unpaired) electrons. The van der Waals surface area contributed by atoms with E-state index in [9.17, 15) is 4.79 Å². The summed E-state index contributed by atoms with van der Waals surface area (Å²) in [5.41, 5.74) is 1.14. The van der Waals surface area contributed by atoms with Crippen LogP contribution in [0.5, 0.6) is 0 Å². The van der Waals surface area contributed by atoms with Gasteiger partial charge in [0.2, 0.25) is 5.91 Å². The van der Waals surface area contributed by atoms with Crippen LogP contribution in [0.25, 0.3) is 0 Å². The molecule has 1 N–H and O–H groups in total. The van der Waals surface area contributed by atoms with E-state index in [0.29, 0.717) is 13.0 Å². The second-order valence-electron chi connectivity index (χ2n) is 4.39. The van der Waals surface area contributed by atoms with Gasteiger partial charge in [-0.05, 0) is 12.5 Å². The Balaban J connectivity index is 2.08. The molecule has 1 saturated heterocycles. The van der Waals surface area contributed by atoms with E-state index < -0.39 is 0 Å². The lowest BCUT2D eigenvalue weighted by atomic mass is 10.0. The standard InChI is InChI=1S/C13H17NO2/c1-10-12(9-15)7-13(16)14(10)8-11-5-3-2-4-6-11/h2-6,10,12,15H,7-9H2,1H3. The van der Waals surface area contributed by atoms with Crippen molar-refractivity contribution in [2.45, 2.75) is 25.9 Å². The van der Waals surface area contributed by atoms with E-state index in [1.165, 1.54) is 0 Å². The molecule has 2 unspecified atom stereocenters. The molecule has 2 rings (SSSR count). The molecule has 0 bridgehead atoms. The summed E-state index contributed by atoms with van der Waals surface area (Å²) in [5, 5.41) is 9.16. The Morgan fingerprint density at radius 1 is 1.38 bits per heavy atom. The summed E-state index contributed by atoms with van der Waals surface area (Å²) in [6.07, 6.45) is 0.477. The maximum absolute atomic E-state index is 11.8. The number of aliphatic hydroxyl groups excluding tert-OH is 1. The summed E-state index contributed by atoms with van der Waals surface area (Å²) in [6, 6.07) is 10.1. The zero-order chi connectivity index (χ0) is 11.5. The summed E-state index contributed by atoms with van der Waals surface area (Å²) >= 11 is 0. The first-order chi connectivity index (χ1) is 7.72. The van der Waals surface area contributed by atoms with E-state index in [1.807, 2.05) is 42.2 Å². The van der Waals surface area contributed by atoms with E-state index in [-0.39, 0.29) is 24.5 Å². The van der Waals surface area contributed by atoms with Gasteiger partial charge >= 0.3 is 0 Å². The number of carbonyl (C=O) groups is 1. The van der Waals surface area contributed by atoms with Gasteiger partial charge in [0.05, 0.1) is 0 Å². The predicted octanol–water partition coefficient (Wildman–Crippen LogP) is 1.42. The van der Waals surface area contributed by atoms with Crippen molar-refractivity contribution < 1.29 is 9.90 Å². The third kappa shape index (κ3) is 2.09. The highest BCUT2D eigenvalue weighted by Crippen LogP contribution is 2.26. The summed E-state index contributed by atoms with van der Waals surface area (Å²) in [5.74, 6) is 0.242. The van der Waals surface area contributed by atoms with Crippen molar-refractivity contribution in [1.29, 1.82) is 0 Å². The van der Waals surface area contributed by atoms with Gasteiger partial charge in [0, 0.05) is 31.5 Å². The predicted molar refractivity (Wildman–Crippen MR) is 61.6 cm³/mol. The van der Waals surface area contributed by atoms with Gasteiger partial charge in [-0.2, -0.15) is 0 Å². The number of rotatable bonds is 3. The third-order valence-corrected chi connectivity index (χ3v) is 3.36. The van der Waals surface area contributed by atoms with Crippen molar-refractivity contribution >= 4 is 5.91 Å². The molecule has 2 atom stereocenters.